The topological polar surface area (TPSA) is 40.6 Å². The van der Waals surface area contributed by atoms with Crippen molar-refractivity contribution in [3.8, 4) is 0 Å². The fraction of sp³-hybridized carbons (Fsp3) is 0.467. The summed E-state index contributed by atoms with van der Waals surface area (Å²) in [6, 6.07) is 5.22. The first-order chi connectivity index (χ1) is 9.95. The Morgan fingerprint density at radius 1 is 1.24 bits per heavy atom. The van der Waals surface area contributed by atoms with Gasteiger partial charge in [0.2, 0.25) is 11.8 Å². The van der Waals surface area contributed by atoms with Gasteiger partial charge in [-0.25, -0.2) is 0 Å². The Labute approximate surface area is 134 Å². The fourth-order valence-electron chi connectivity index (χ4n) is 2.38. The Balaban J connectivity index is 1.94. The molecule has 1 fully saturated rings. The van der Waals surface area contributed by atoms with Gasteiger partial charge in [0.05, 0.1) is 6.54 Å². The highest BCUT2D eigenvalue weighted by molar-refractivity contribution is 6.34. The lowest BCUT2D eigenvalue weighted by Crippen LogP contribution is -2.43. The molecule has 114 valence electrons. The van der Waals surface area contributed by atoms with E-state index in [1.165, 1.54) is 0 Å². The average molecular weight is 329 g/mol. The minimum atomic E-state index is -0.0821. The molecular weight excluding hydrogens is 311 g/mol. The van der Waals surface area contributed by atoms with E-state index >= 15 is 0 Å². The summed E-state index contributed by atoms with van der Waals surface area (Å²) in [6.45, 7) is 1.23. The van der Waals surface area contributed by atoms with Gasteiger partial charge in [0.15, 0.2) is 0 Å². The Morgan fingerprint density at radius 3 is 2.52 bits per heavy atom. The van der Waals surface area contributed by atoms with Gasteiger partial charge in [-0.05, 0) is 36.6 Å². The molecule has 1 aliphatic rings. The van der Waals surface area contributed by atoms with Crippen molar-refractivity contribution in [3.63, 3.8) is 0 Å². The summed E-state index contributed by atoms with van der Waals surface area (Å²) in [7, 11) is 1.71. The maximum Gasteiger partial charge on any atom is 0.242 e. The van der Waals surface area contributed by atoms with E-state index in [0.29, 0.717) is 29.6 Å². The molecule has 6 heteroatoms. The van der Waals surface area contributed by atoms with Crippen LogP contribution in [0.15, 0.2) is 18.2 Å². The number of piperidine rings is 1. The van der Waals surface area contributed by atoms with Gasteiger partial charge >= 0.3 is 0 Å². The zero-order chi connectivity index (χ0) is 15.4. The summed E-state index contributed by atoms with van der Waals surface area (Å²) in [6.07, 6.45) is 2.42. The van der Waals surface area contributed by atoms with Crippen molar-refractivity contribution in [2.75, 3.05) is 20.1 Å². The van der Waals surface area contributed by atoms with Gasteiger partial charge in [0.25, 0.3) is 0 Å². The molecule has 0 N–H and O–H groups in total. The lowest BCUT2D eigenvalue weighted by molar-refractivity contribution is -0.141. The molecule has 0 bridgehead atoms. The van der Waals surface area contributed by atoms with Gasteiger partial charge in [0, 0.05) is 36.6 Å². The highest BCUT2D eigenvalue weighted by atomic mass is 35.5. The van der Waals surface area contributed by atoms with Crippen molar-refractivity contribution in [3.05, 3.63) is 33.8 Å². The Bertz CT molecular complexity index is 528. The van der Waals surface area contributed by atoms with Crippen LogP contribution in [0.1, 0.15) is 24.8 Å². The molecule has 2 rings (SSSR count). The van der Waals surface area contributed by atoms with Crippen LogP contribution in [-0.2, 0) is 16.1 Å². The monoisotopic (exact) mass is 328 g/mol. The Kier molecular flexibility index (Phi) is 5.48. The van der Waals surface area contributed by atoms with E-state index in [4.69, 9.17) is 23.2 Å². The van der Waals surface area contributed by atoms with Crippen LogP contribution in [0, 0.1) is 0 Å². The van der Waals surface area contributed by atoms with E-state index in [0.717, 1.165) is 18.4 Å². The lowest BCUT2D eigenvalue weighted by atomic mass is 10.1. The molecule has 0 aromatic heterocycles. The molecule has 1 saturated heterocycles. The molecule has 21 heavy (non-hydrogen) atoms. The van der Waals surface area contributed by atoms with Gasteiger partial charge in [-0.1, -0.05) is 23.2 Å². The number of nitrogens with zero attached hydrogens (tertiary/aromatic N) is 2. The number of carbonyl (C=O) groups excluding carboxylic acids is 2. The van der Waals surface area contributed by atoms with Gasteiger partial charge in [0.1, 0.15) is 0 Å². The molecule has 1 heterocycles. The van der Waals surface area contributed by atoms with E-state index < -0.39 is 0 Å². The third-order valence-electron chi connectivity index (χ3n) is 3.52. The van der Waals surface area contributed by atoms with Crippen molar-refractivity contribution in [1.82, 2.24) is 9.80 Å². The second kappa shape index (κ2) is 7.14. The smallest absolute Gasteiger partial charge is 0.242 e. The first kappa shape index (κ1) is 16.1. The van der Waals surface area contributed by atoms with Crippen LogP contribution >= 0.6 is 23.2 Å². The molecule has 4 nitrogen and oxygen atoms in total. The molecule has 1 aromatic rings. The third-order valence-corrected chi connectivity index (χ3v) is 3.95. The highest BCUT2D eigenvalue weighted by Crippen LogP contribution is 2.20. The summed E-state index contributed by atoms with van der Waals surface area (Å²) < 4.78 is 0. The number of benzene rings is 1. The van der Waals surface area contributed by atoms with Gasteiger partial charge in [-0.15, -0.1) is 0 Å². The number of likely N-dealkylation sites (N-methyl/N-ethyl adjacent to an activating group) is 1. The van der Waals surface area contributed by atoms with Crippen molar-refractivity contribution in [2.45, 2.75) is 25.8 Å². The average Bonchev–Trinajstić information content (AvgIpc) is 2.40. The number of hydrogen-bond acceptors (Lipinski definition) is 2. The molecule has 0 aliphatic carbocycles. The summed E-state index contributed by atoms with van der Waals surface area (Å²) >= 11 is 11.9. The molecule has 0 radical (unpaired) electrons. The normalized spacial score (nSPS) is 15.2. The number of rotatable bonds is 4. The van der Waals surface area contributed by atoms with Crippen molar-refractivity contribution in [1.29, 1.82) is 0 Å². The van der Waals surface area contributed by atoms with E-state index in [1.807, 2.05) is 0 Å². The SMILES string of the molecule is CN(Cc1cc(Cl)cc(Cl)c1)C(=O)CN1CCCCC1=O. The van der Waals surface area contributed by atoms with E-state index in [2.05, 4.69) is 0 Å². The van der Waals surface area contributed by atoms with Crippen LogP contribution < -0.4 is 0 Å². The van der Waals surface area contributed by atoms with Crippen LogP contribution in [0.3, 0.4) is 0 Å². The van der Waals surface area contributed by atoms with E-state index in [9.17, 15) is 9.59 Å². The number of likely N-dealkylation sites (tertiary alicyclic amines) is 1. The number of hydrogen-bond donors (Lipinski definition) is 0. The number of halogens is 2. The van der Waals surface area contributed by atoms with Crippen molar-refractivity contribution < 1.29 is 9.59 Å². The van der Waals surface area contributed by atoms with Crippen LogP contribution in [0.5, 0.6) is 0 Å². The Hall–Kier alpha value is -1.26. The van der Waals surface area contributed by atoms with E-state index in [-0.39, 0.29) is 18.4 Å². The summed E-state index contributed by atoms with van der Waals surface area (Å²) in [5, 5.41) is 1.09. The molecule has 0 saturated carbocycles. The largest absolute Gasteiger partial charge is 0.340 e. The quantitative estimate of drug-likeness (QED) is 0.852. The van der Waals surface area contributed by atoms with Gasteiger partial charge in [-0.3, -0.25) is 9.59 Å². The summed E-state index contributed by atoms with van der Waals surface area (Å²) in [5.41, 5.74) is 0.869. The molecule has 0 atom stereocenters. The predicted molar refractivity (Wildman–Crippen MR) is 83.4 cm³/mol. The minimum Gasteiger partial charge on any atom is -0.340 e. The summed E-state index contributed by atoms with van der Waals surface area (Å²) in [4.78, 5) is 27.1. The second-order valence-electron chi connectivity index (χ2n) is 5.30. The van der Waals surface area contributed by atoms with Crippen molar-refractivity contribution in [2.24, 2.45) is 0 Å². The molecule has 0 unspecified atom stereocenters. The zero-order valence-electron chi connectivity index (χ0n) is 11.9. The van der Waals surface area contributed by atoms with Gasteiger partial charge < -0.3 is 9.80 Å². The molecule has 1 aliphatic heterocycles. The number of carbonyl (C=O) groups is 2. The molecular formula is C15H18Cl2N2O2. The standard InChI is InChI=1S/C15H18Cl2N2O2/c1-18(9-11-6-12(16)8-13(17)7-11)15(21)10-19-5-3-2-4-14(19)20/h6-8H,2-5,9-10H2,1H3. The predicted octanol–water partition coefficient (Wildman–Crippen LogP) is 2.96. The van der Waals surface area contributed by atoms with Crippen LogP contribution in [0.2, 0.25) is 10.0 Å². The maximum atomic E-state index is 12.2. The van der Waals surface area contributed by atoms with Crippen LogP contribution in [0.4, 0.5) is 0 Å². The zero-order valence-corrected chi connectivity index (χ0v) is 13.5. The van der Waals surface area contributed by atoms with E-state index in [1.54, 1.807) is 35.0 Å². The first-order valence-corrected chi connectivity index (χ1v) is 7.68. The lowest BCUT2D eigenvalue weighted by Gasteiger charge is -2.28. The van der Waals surface area contributed by atoms with Gasteiger partial charge in [-0.2, -0.15) is 0 Å². The first-order valence-electron chi connectivity index (χ1n) is 6.92. The highest BCUT2D eigenvalue weighted by Gasteiger charge is 2.22. The van der Waals surface area contributed by atoms with Crippen LogP contribution in [0.25, 0.3) is 0 Å². The fourth-order valence-corrected chi connectivity index (χ4v) is 2.95. The molecule has 1 aromatic carbocycles. The second-order valence-corrected chi connectivity index (χ2v) is 6.17. The van der Waals surface area contributed by atoms with Crippen LogP contribution in [-0.4, -0.2) is 41.8 Å². The third kappa shape index (κ3) is 4.61. The Morgan fingerprint density at radius 2 is 1.90 bits per heavy atom. The summed E-state index contributed by atoms with van der Waals surface area (Å²) in [5.74, 6) is -0.0184. The minimum absolute atomic E-state index is 0.0637. The maximum absolute atomic E-state index is 12.2. The number of amides is 2. The molecule has 0 spiro atoms. The molecule has 2 amide bonds. The van der Waals surface area contributed by atoms with Crippen molar-refractivity contribution >= 4 is 35.0 Å².